The van der Waals surface area contributed by atoms with Gasteiger partial charge in [0.05, 0.1) is 22.9 Å². The highest BCUT2D eigenvalue weighted by atomic mass is 32.1. The molecule has 1 N–H and O–H groups in total. The van der Waals surface area contributed by atoms with E-state index in [1.807, 2.05) is 11.4 Å². The number of hydrogen-bond acceptors (Lipinski definition) is 6. The lowest BCUT2D eigenvalue weighted by Gasteiger charge is -2.30. The molecule has 3 rings (SSSR count). The van der Waals surface area contributed by atoms with Crippen LogP contribution in [0.1, 0.15) is 0 Å². The number of morpholine rings is 1. The summed E-state index contributed by atoms with van der Waals surface area (Å²) in [6, 6.07) is 2.01. The lowest BCUT2D eigenvalue weighted by atomic mass is 10.3. The Labute approximate surface area is 110 Å². The van der Waals surface area contributed by atoms with Crippen molar-refractivity contribution >= 4 is 27.4 Å². The molecule has 0 bridgehead atoms. The fourth-order valence-electron chi connectivity index (χ4n) is 2.12. The van der Waals surface area contributed by atoms with Crippen LogP contribution < -0.4 is 5.32 Å². The summed E-state index contributed by atoms with van der Waals surface area (Å²) in [6.45, 7) is 3.57. The van der Waals surface area contributed by atoms with Crippen LogP contribution in [0.15, 0.2) is 17.8 Å². The number of anilines is 1. The molecular weight excluding hydrogens is 248 g/mol. The van der Waals surface area contributed by atoms with Crippen LogP contribution in [0.25, 0.3) is 10.2 Å². The first-order chi connectivity index (χ1) is 8.83. The van der Waals surface area contributed by atoms with E-state index in [0.717, 1.165) is 42.3 Å². The van der Waals surface area contributed by atoms with E-state index in [2.05, 4.69) is 27.2 Å². The molecule has 0 amide bonds. The van der Waals surface area contributed by atoms with Crippen LogP contribution in [-0.4, -0.2) is 54.3 Å². The first kappa shape index (κ1) is 11.8. The molecule has 0 spiro atoms. The second-order valence-electron chi connectivity index (χ2n) is 4.49. The zero-order chi connectivity index (χ0) is 12.4. The second-order valence-corrected chi connectivity index (χ2v) is 5.41. The molecule has 1 saturated heterocycles. The van der Waals surface area contributed by atoms with Crippen LogP contribution in [0.2, 0.25) is 0 Å². The van der Waals surface area contributed by atoms with Gasteiger partial charge in [0.2, 0.25) is 0 Å². The number of aromatic nitrogens is 2. The number of thiophene rings is 1. The van der Waals surface area contributed by atoms with Gasteiger partial charge >= 0.3 is 0 Å². The molecule has 6 heteroatoms. The Balaban J connectivity index is 1.67. The average molecular weight is 264 g/mol. The van der Waals surface area contributed by atoms with Gasteiger partial charge in [-0.05, 0) is 18.5 Å². The van der Waals surface area contributed by atoms with E-state index < -0.39 is 0 Å². The van der Waals surface area contributed by atoms with E-state index in [4.69, 9.17) is 4.74 Å². The van der Waals surface area contributed by atoms with Gasteiger partial charge in [-0.25, -0.2) is 9.97 Å². The number of hydrogen-bond donors (Lipinski definition) is 1. The highest BCUT2D eigenvalue weighted by molar-refractivity contribution is 7.17. The quantitative estimate of drug-likeness (QED) is 0.909. The number of nitrogens with one attached hydrogen (secondary N) is 1. The molecule has 1 fully saturated rings. The highest BCUT2D eigenvalue weighted by Gasteiger charge is 2.17. The lowest BCUT2D eigenvalue weighted by molar-refractivity contribution is -0.0117. The third-order valence-corrected chi connectivity index (χ3v) is 3.99. The maximum Gasteiger partial charge on any atom is 0.147 e. The zero-order valence-corrected chi connectivity index (χ0v) is 11.1. The maximum absolute atomic E-state index is 5.72. The summed E-state index contributed by atoms with van der Waals surface area (Å²) < 4.78 is 6.83. The van der Waals surface area contributed by atoms with Gasteiger partial charge in [-0.15, -0.1) is 11.3 Å². The monoisotopic (exact) mass is 264 g/mol. The van der Waals surface area contributed by atoms with E-state index >= 15 is 0 Å². The number of rotatable bonds is 3. The fraction of sp³-hybridized carbons (Fsp3) is 0.500. The summed E-state index contributed by atoms with van der Waals surface area (Å²) in [6.07, 6.45) is 1.83. The van der Waals surface area contributed by atoms with Crippen molar-refractivity contribution in [1.29, 1.82) is 0 Å². The van der Waals surface area contributed by atoms with E-state index in [0.29, 0.717) is 0 Å². The Morgan fingerprint density at radius 2 is 2.50 bits per heavy atom. The Hall–Kier alpha value is -1.24. The molecule has 0 saturated carbocycles. The molecule has 18 heavy (non-hydrogen) atoms. The lowest BCUT2D eigenvalue weighted by Crippen LogP contribution is -2.43. The third kappa shape index (κ3) is 2.45. The average Bonchev–Trinajstić information content (AvgIpc) is 2.85. The number of likely N-dealkylation sites (N-methyl/N-ethyl adjacent to an activating group) is 1. The van der Waals surface area contributed by atoms with Crippen LogP contribution in [0.5, 0.6) is 0 Å². The van der Waals surface area contributed by atoms with Crippen molar-refractivity contribution in [3.8, 4) is 0 Å². The molecule has 0 radical (unpaired) electrons. The normalized spacial score (nSPS) is 21.3. The summed E-state index contributed by atoms with van der Waals surface area (Å²) in [5.41, 5.74) is 0.999. The van der Waals surface area contributed by atoms with Crippen LogP contribution in [0.4, 0.5) is 5.82 Å². The van der Waals surface area contributed by atoms with Gasteiger partial charge in [-0.1, -0.05) is 0 Å². The summed E-state index contributed by atoms with van der Waals surface area (Å²) in [4.78, 5) is 10.8. The largest absolute Gasteiger partial charge is 0.374 e. The van der Waals surface area contributed by atoms with Gasteiger partial charge in [0.1, 0.15) is 12.1 Å². The van der Waals surface area contributed by atoms with Crippen molar-refractivity contribution in [2.75, 3.05) is 38.6 Å². The summed E-state index contributed by atoms with van der Waals surface area (Å²) >= 11 is 1.66. The highest BCUT2D eigenvalue weighted by Crippen LogP contribution is 2.24. The van der Waals surface area contributed by atoms with Crippen molar-refractivity contribution < 1.29 is 4.74 Å². The van der Waals surface area contributed by atoms with Crippen molar-refractivity contribution in [1.82, 2.24) is 14.9 Å². The van der Waals surface area contributed by atoms with E-state index in [1.54, 1.807) is 17.7 Å². The molecule has 96 valence electrons. The third-order valence-electron chi connectivity index (χ3n) is 3.08. The van der Waals surface area contributed by atoms with E-state index in [1.165, 1.54) is 0 Å². The summed E-state index contributed by atoms with van der Waals surface area (Å²) in [5.74, 6) is 0.909. The summed E-state index contributed by atoms with van der Waals surface area (Å²) in [5, 5.41) is 5.41. The summed E-state index contributed by atoms with van der Waals surface area (Å²) in [7, 11) is 2.12. The SMILES string of the molecule is CN1CCO[C@H](CNc2ncnc3ccsc23)C1. The molecule has 1 atom stereocenters. The van der Waals surface area contributed by atoms with Crippen LogP contribution in [-0.2, 0) is 4.74 Å². The van der Waals surface area contributed by atoms with Gasteiger partial charge in [0, 0.05) is 19.6 Å². The Kier molecular flexibility index (Phi) is 3.40. The first-order valence-corrected chi connectivity index (χ1v) is 6.93. The van der Waals surface area contributed by atoms with Gasteiger partial charge in [-0.3, -0.25) is 0 Å². The van der Waals surface area contributed by atoms with Crippen molar-refractivity contribution in [3.05, 3.63) is 17.8 Å². The van der Waals surface area contributed by atoms with Crippen molar-refractivity contribution in [2.45, 2.75) is 6.10 Å². The minimum atomic E-state index is 0.230. The van der Waals surface area contributed by atoms with Crippen LogP contribution >= 0.6 is 11.3 Å². The molecule has 0 aromatic carbocycles. The van der Waals surface area contributed by atoms with Gasteiger partial charge in [0.15, 0.2) is 0 Å². The Morgan fingerprint density at radius 3 is 3.39 bits per heavy atom. The first-order valence-electron chi connectivity index (χ1n) is 6.05. The molecule has 5 nitrogen and oxygen atoms in total. The minimum Gasteiger partial charge on any atom is -0.374 e. The predicted octanol–water partition coefficient (Wildman–Crippen LogP) is 1.43. The number of nitrogens with zero attached hydrogens (tertiary/aromatic N) is 3. The molecule has 3 heterocycles. The van der Waals surface area contributed by atoms with E-state index in [-0.39, 0.29) is 6.10 Å². The van der Waals surface area contributed by atoms with Gasteiger partial charge < -0.3 is 15.0 Å². The molecule has 2 aromatic rings. The Morgan fingerprint density at radius 1 is 1.56 bits per heavy atom. The minimum absolute atomic E-state index is 0.230. The predicted molar refractivity (Wildman–Crippen MR) is 73.1 cm³/mol. The molecule has 1 aliphatic heterocycles. The fourth-order valence-corrected chi connectivity index (χ4v) is 2.93. The molecule has 0 unspecified atom stereocenters. The van der Waals surface area contributed by atoms with Crippen molar-refractivity contribution in [3.63, 3.8) is 0 Å². The molecule has 1 aliphatic rings. The number of ether oxygens (including phenoxy) is 1. The molecular formula is C12H16N4OS. The molecule has 2 aromatic heterocycles. The van der Waals surface area contributed by atoms with Crippen molar-refractivity contribution in [2.24, 2.45) is 0 Å². The molecule has 0 aliphatic carbocycles. The number of fused-ring (bicyclic) bond motifs is 1. The Bertz CT molecular complexity index is 530. The standard InChI is InChI=1S/C12H16N4OS/c1-16-3-4-17-9(7-16)6-13-12-11-10(2-5-18-11)14-8-15-12/h2,5,8-9H,3-4,6-7H2,1H3,(H,13,14,15)/t9-/m1/s1. The van der Waals surface area contributed by atoms with Gasteiger partial charge in [0.25, 0.3) is 0 Å². The van der Waals surface area contributed by atoms with Crippen LogP contribution in [0.3, 0.4) is 0 Å². The maximum atomic E-state index is 5.72. The second kappa shape index (κ2) is 5.17. The van der Waals surface area contributed by atoms with Gasteiger partial charge in [-0.2, -0.15) is 0 Å². The van der Waals surface area contributed by atoms with Crippen LogP contribution in [0, 0.1) is 0 Å². The van der Waals surface area contributed by atoms with E-state index in [9.17, 15) is 0 Å². The topological polar surface area (TPSA) is 50.3 Å². The zero-order valence-electron chi connectivity index (χ0n) is 10.3. The smallest absolute Gasteiger partial charge is 0.147 e.